The molecule has 1 aliphatic heterocycles. The van der Waals surface area contributed by atoms with Crippen molar-refractivity contribution in [3.05, 3.63) is 138 Å². The molecule has 3 aromatic heterocycles. The number of ether oxygens (including phenoxy) is 2. The van der Waals surface area contributed by atoms with E-state index in [9.17, 15) is 62.6 Å². The third kappa shape index (κ3) is 17.7. The van der Waals surface area contributed by atoms with Crippen LogP contribution in [0.1, 0.15) is 143 Å². The number of carboxylic acids is 1. The molecule has 0 radical (unpaired) electrons. The van der Waals surface area contributed by atoms with E-state index in [1.165, 1.54) is 33.3 Å². The number of nitrogens with zero attached hydrogens (tertiary/aromatic N) is 7. The number of carboxylic acid groups (broad SMARTS) is 1. The summed E-state index contributed by atoms with van der Waals surface area (Å²) in [7, 11) is -4.45. The van der Waals surface area contributed by atoms with Crippen LogP contribution in [0, 0.1) is 29.1 Å². The van der Waals surface area contributed by atoms with Gasteiger partial charge in [0.25, 0.3) is 23.6 Å². The summed E-state index contributed by atoms with van der Waals surface area (Å²) < 4.78 is 28.0. The van der Waals surface area contributed by atoms with Gasteiger partial charge in [-0.2, -0.15) is 5.10 Å². The summed E-state index contributed by atoms with van der Waals surface area (Å²) in [6, 6.07) is 25.3. The van der Waals surface area contributed by atoms with E-state index in [2.05, 4.69) is 34.8 Å². The average molecular weight is 1460 g/mol. The SMILES string of the molecule is Cc1c(-c2ccc(-c3ccc4cccc(C(=O)Nc5nc6ccccc6s5)c4c3)nc2C(=O)O)cnn1CC12CC3(C)CC(C)(C1)CC(OCCN(CCCP(=O)(O)O)C(=O)OCc1ccc(N(C(=O)[C@@H](NC(=O)CCCCCN4C(=O)C=CC4=O)C(C)C)[C@@H](CCCNC(N)=O)C(N)=O)cc1)(C3)C2. The van der Waals surface area contributed by atoms with Crippen molar-refractivity contribution >= 4 is 104 Å². The van der Waals surface area contributed by atoms with Gasteiger partial charge in [0.15, 0.2) is 10.8 Å². The second kappa shape index (κ2) is 31.3. The average Bonchev–Trinajstić information content (AvgIpc) is 0.735. The molecule has 10 N–H and O–H groups in total. The van der Waals surface area contributed by atoms with E-state index in [4.69, 9.17) is 31.0 Å². The minimum absolute atomic E-state index is 0.00411. The van der Waals surface area contributed by atoms with Gasteiger partial charge in [-0.15, -0.1) is 0 Å². The summed E-state index contributed by atoms with van der Waals surface area (Å²) in [5.74, 6) is -4.76. The number of aromatic carboxylic acids is 1. The molecule has 4 aliphatic carbocycles. The predicted octanol–water partition coefficient (Wildman–Crippen LogP) is 10.2. The molecule has 7 aromatic rings. The first-order chi connectivity index (χ1) is 49.4. The van der Waals surface area contributed by atoms with Gasteiger partial charge < -0.3 is 51.4 Å². The number of imide groups is 1. The Hall–Kier alpha value is -9.73. The van der Waals surface area contributed by atoms with Gasteiger partial charge in [0.1, 0.15) is 18.7 Å². The van der Waals surface area contributed by atoms with Crippen molar-refractivity contribution in [2.24, 2.45) is 33.6 Å². The van der Waals surface area contributed by atoms with Crippen molar-refractivity contribution in [2.75, 3.05) is 49.2 Å². The van der Waals surface area contributed by atoms with Crippen LogP contribution in [0.4, 0.5) is 20.4 Å². The molecule has 12 rings (SSSR count). The van der Waals surface area contributed by atoms with Gasteiger partial charge >= 0.3 is 25.7 Å². The van der Waals surface area contributed by atoms with E-state index < -0.39 is 85.0 Å². The molecule has 29 heteroatoms. The number of carbonyl (C=O) groups is 9. The molecular formula is C75H89N12O15PS. The number of rotatable bonds is 33. The predicted molar refractivity (Wildman–Crippen MR) is 391 cm³/mol. The van der Waals surface area contributed by atoms with Gasteiger partial charge in [0.05, 0.1) is 40.5 Å². The van der Waals surface area contributed by atoms with Gasteiger partial charge in [-0.05, 0) is 165 Å². The van der Waals surface area contributed by atoms with E-state index >= 15 is 0 Å². The van der Waals surface area contributed by atoms with Crippen LogP contribution in [-0.4, -0.2) is 155 Å². The number of carbonyl (C=O) groups excluding carboxylic acids is 8. The molecule has 550 valence electrons. The second-order valence-corrected chi connectivity index (χ2v) is 32.2. The number of nitrogens with two attached hydrogens (primary N) is 2. The number of aromatic nitrogens is 4. The molecule has 9 amide bonds. The normalized spacial score (nSPS) is 20.2. The van der Waals surface area contributed by atoms with Crippen LogP contribution in [0.15, 0.2) is 115 Å². The topological polar surface area (TPSA) is 391 Å². The van der Waals surface area contributed by atoms with Gasteiger partial charge in [-0.1, -0.05) is 94.0 Å². The molecule has 2 unspecified atom stereocenters. The van der Waals surface area contributed by atoms with Crippen LogP contribution in [-0.2, 0) is 51.2 Å². The van der Waals surface area contributed by atoms with E-state index in [1.807, 2.05) is 66.2 Å². The molecule has 4 atom stereocenters. The lowest BCUT2D eigenvalue weighted by atomic mass is 9.39. The number of anilines is 2. The van der Waals surface area contributed by atoms with Crippen LogP contribution in [0.25, 0.3) is 43.4 Å². The molecular weight excluding hydrogens is 1370 g/mol. The maximum Gasteiger partial charge on any atom is 0.410 e. The zero-order valence-corrected chi connectivity index (χ0v) is 60.6. The smallest absolute Gasteiger partial charge is 0.410 e. The number of hydrogen-bond acceptors (Lipinski definition) is 16. The van der Waals surface area contributed by atoms with Crippen LogP contribution < -0.4 is 32.3 Å². The number of urea groups is 1. The number of fused-ring (bicyclic) bond motifs is 2. The molecule has 4 fully saturated rings. The Balaban J connectivity index is 0.753. The summed E-state index contributed by atoms with van der Waals surface area (Å²) in [4.78, 5) is 151. The summed E-state index contributed by atoms with van der Waals surface area (Å²) in [5.41, 5.74) is 14.7. The quantitative estimate of drug-likeness (QED) is 0.0108. The Morgan fingerprint density at radius 3 is 2.21 bits per heavy atom. The molecule has 0 spiro atoms. The molecule has 4 saturated carbocycles. The molecule has 5 aliphatic rings. The molecule has 0 saturated heterocycles. The molecule has 27 nitrogen and oxygen atoms in total. The van der Waals surface area contributed by atoms with Crippen LogP contribution in [0.5, 0.6) is 0 Å². The number of nitrogens with one attached hydrogen (secondary N) is 3. The Morgan fingerprint density at radius 2 is 1.53 bits per heavy atom. The van der Waals surface area contributed by atoms with E-state index in [0.29, 0.717) is 76.3 Å². The van der Waals surface area contributed by atoms with Crippen LogP contribution >= 0.6 is 18.9 Å². The minimum Gasteiger partial charge on any atom is -0.476 e. The summed E-state index contributed by atoms with van der Waals surface area (Å²) in [6.07, 6.45) is 9.42. The number of unbranched alkanes of at least 4 members (excludes halogenated alkanes) is 2. The van der Waals surface area contributed by atoms with Crippen LogP contribution in [0.3, 0.4) is 0 Å². The summed E-state index contributed by atoms with van der Waals surface area (Å²) >= 11 is 1.38. The van der Waals surface area contributed by atoms with Gasteiger partial charge in [-0.3, -0.25) is 53.1 Å². The fraction of sp³-hybridized carbons (Fsp3) is 0.440. The Bertz CT molecular complexity index is 4480. The van der Waals surface area contributed by atoms with E-state index in [-0.39, 0.29) is 98.6 Å². The fourth-order valence-corrected chi connectivity index (χ4v) is 18.3. The maximum absolute atomic E-state index is 14.8. The van der Waals surface area contributed by atoms with Crippen molar-refractivity contribution in [2.45, 2.75) is 149 Å². The molecule has 4 aromatic carbocycles. The number of para-hydroxylation sites is 1. The van der Waals surface area contributed by atoms with E-state index in [0.717, 1.165) is 58.3 Å². The first-order valence-corrected chi connectivity index (χ1v) is 37.7. The molecule has 4 heterocycles. The number of hydrogen-bond donors (Lipinski definition) is 8. The van der Waals surface area contributed by atoms with Crippen molar-refractivity contribution in [3.8, 4) is 22.4 Å². The van der Waals surface area contributed by atoms with Gasteiger partial charge in [0.2, 0.25) is 11.8 Å². The summed E-state index contributed by atoms with van der Waals surface area (Å²) in [6.45, 7) is 10.6. The molecule has 104 heavy (non-hydrogen) atoms. The Labute approximate surface area is 605 Å². The highest BCUT2D eigenvalue weighted by Crippen LogP contribution is 2.72. The third-order valence-corrected chi connectivity index (χ3v) is 22.2. The lowest BCUT2D eigenvalue weighted by molar-refractivity contribution is -0.248. The zero-order valence-electron chi connectivity index (χ0n) is 58.9. The monoisotopic (exact) mass is 1460 g/mol. The highest BCUT2D eigenvalue weighted by Gasteiger charge is 2.66. The molecule has 4 bridgehead atoms. The van der Waals surface area contributed by atoms with E-state index in [1.54, 1.807) is 62.5 Å². The number of primary amides is 2. The largest absolute Gasteiger partial charge is 0.476 e. The minimum atomic E-state index is -4.45. The first-order valence-electron chi connectivity index (χ1n) is 35.1. The highest BCUT2D eigenvalue weighted by molar-refractivity contribution is 7.51. The highest BCUT2D eigenvalue weighted by atomic mass is 32.1. The lowest BCUT2D eigenvalue weighted by Crippen LogP contribution is -2.64. The summed E-state index contributed by atoms with van der Waals surface area (Å²) in [5, 5.41) is 25.9. The first kappa shape index (κ1) is 75.4. The second-order valence-electron chi connectivity index (χ2n) is 29.4. The fourth-order valence-electron chi connectivity index (χ4n) is 16.8. The number of benzene rings is 4. The lowest BCUT2D eigenvalue weighted by Gasteiger charge is -2.69. The third-order valence-electron chi connectivity index (χ3n) is 20.3. The number of pyridine rings is 1. The Kier molecular flexibility index (Phi) is 22.7. The standard InChI is InChI=1S/C75H89N12O15PS/c1-46(2)63(82-60(88)19-7-6-10-32-85-61(89)28-29-62(85)90)67(93)87(58(65(76)91)17-12-30-78-69(77)96)51-24-20-48(21-25-51)38-101-71(97)84(31-13-35-103(98,99)100)33-34-102-75-42-72(4)39-73(5,43-75)41-74(40-72,44-75)45-86-47(3)55(37-79-86)52-26-27-56(80-64(52)68(94)95)50-23-22-49-14-11-15-53(54(49)36-50)66(92)83-70-81-57-16-8-9-18-59(57)104-70/h8-9,11,14-16,18,20-29,36-37,46,58,63H,6-7,10,12-13,17,19,30-35,38-45H2,1-5H3,(H2,76,91)(H,82,88)(H,94,95)(H3,77,78,96)(H,81,83,92)(H2,98,99,100)/t58-,63-,72?,73?,74?,75?/m0/s1. The van der Waals surface area contributed by atoms with Crippen molar-refractivity contribution < 1.29 is 72.1 Å². The van der Waals surface area contributed by atoms with Gasteiger partial charge in [-0.25, -0.2) is 24.4 Å². The van der Waals surface area contributed by atoms with Crippen molar-refractivity contribution in [3.63, 3.8) is 0 Å². The number of thiazole rings is 1. The van der Waals surface area contributed by atoms with Gasteiger partial charge in [0, 0.05) is 84.9 Å². The maximum atomic E-state index is 14.8. The zero-order chi connectivity index (χ0) is 74.5. The van der Waals surface area contributed by atoms with Crippen molar-refractivity contribution in [1.82, 2.24) is 40.2 Å². The number of amides is 9. The Morgan fingerprint density at radius 1 is 0.798 bits per heavy atom. The van der Waals surface area contributed by atoms with Crippen molar-refractivity contribution in [1.29, 1.82) is 0 Å². The van der Waals surface area contributed by atoms with Crippen LogP contribution in [0.2, 0.25) is 0 Å².